The van der Waals surface area contributed by atoms with Crippen LogP contribution in [0.3, 0.4) is 0 Å². The number of aromatic amines is 1. The first-order valence-corrected chi connectivity index (χ1v) is 8.78. The molecule has 1 N–H and O–H groups in total. The van der Waals surface area contributed by atoms with Gasteiger partial charge in [0.15, 0.2) is 5.65 Å². The molecule has 5 nitrogen and oxygen atoms in total. The molecule has 4 rings (SSSR count). The van der Waals surface area contributed by atoms with E-state index in [1.807, 2.05) is 28.5 Å². The zero-order valence-corrected chi connectivity index (χ0v) is 13.6. The van der Waals surface area contributed by atoms with Crippen molar-refractivity contribution in [2.24, 2.45) is 0 Å². The van der Waals surface area contributed by atoms with Gasteiger partial charge in [0.1, 0.15) is 0 Å². The van der Waals surface area contributed by atoms with Gasteiger partial charge in [0.05, 0.1) is 12.6 Å². The molecule has 1 fully saturated rings. The lowest BCUT2D eigenvalue weighted by atomic mass is 9.94. The maximum atomic E-state index is 12.5. The number of nitrogens with zero attached hydrogens (tertiary/aromatic N) is 3. The molecule has 118 valence electrons. The molecule has 1 saturated heterocycles. The Labute approximate surface area is 138 Å². The molecular weight excluding hydrogens is 308 g/mol. The van der Waals surface area contributed by atoms with Crippen LogP contribution in [-0.2, 0) is 11.2 Å². The largest absolute Gasteiger partial charge is 0.342 e. The van der Waals surface area contributed by atoms with E-state index >= 15 is 0 Å². The van der Waals surface area contributed by atoms with E-state index in [0.29, 0.717) is 12.3 Å². The molecule has 0 spiro atoms. The van der Waals surface area contributed by atoms with Crippen molar-refractivity contribution in [1.29, 1.82) is 0 Å². The maximum Gasteiger partial charge on any atom is 0.227 e. The van der Waals surface area contributed by atoms with E-state index in [1.54, 1.807) is 17.5 Å². The second kappa shape index (κ2) is 6.12. The topological polar surface area (TPSA) is 61.9 Å². The molecule has 0 aromatic carbocycles. The smallest absolute Gasteiger partial charge is 0.227 e. The SMILES string of the molecule is O=C(Cc1cccs1)N1CCC[C@@H](c2ccc3cn[nH]c3n2)C1. The van der Waals surface area contributed by atoms with Gasteiger partial charge >= 0.3 is 0 Å². The molecule has 3 aromatic rings. The highest BCUT2D eigenvalue weighted by atomic mass is 32.1. The zero-order chi connectivity index (χ0) is 15.6. The molecule has 0 aliphatic carbocycles. The second-order valence-electron chi connectivity index (χ2n) is 5.98. The molecule has 3 aromatic heterocycles. The van der Waals surface area contributed by atoms with Crippen LogP contribution in [0.2, 0.25) is 0 Å². The summed E-state index contributed by atoms with van der Waals surface area (Å²) in [6.45, 7) is 1.61. The predicted octanol–water partition coefficient (Wildman–Crippen LogP) is 2.97. The quantitative estimate of drug-likeness (QED) is 0.805. The molecule has 1 aliphatic rings. The summed E-state index contributed by atoms with van der Waals surface area (Å²) in [5.74, 6) is 0.531. The fraction of sp³-hybridized carbons (Fsp3) is 0.353. The first-order chi connectivity index (χ1) is 11.3. The van der Waals surface area contributed by atoms with Gasteiger partial charge in [-0.05, 0) is 36.4 Å². The zero-order valence-electron chi connectivity index (χ0n) is 12.7. The van der Waals surface area contributed by atoms with Crippen molar-refractivity contribution in [3.05, 3.63) is 46.4 Å². The van der Waals surface area contributed by atoms with E-state index in [0.717, 1.165) is 47.5 Å². The minimum Gasteiger partial charge on any atom is -0.342 e. The lowest BCUT2D eigenvalue weighted by Crippen LogP contribution is -2.40. The van der Waals surface area contributed by atoms with Gasteiger partial charge < -0.3 is 4.90 Å². The van der Waals surface area contributed by atoms with Crippen molar-refractivity contribution in [2.75, 3.05) is 13.1 Å². The van der Waals surface area contributed by atoms with Crippen molar-refractivity contribution in [1.82, 2.24) is 20.1 Å². The summed E-state index contributed by atoms with van der Waals surface area (Å²) < 4.78 is 0. The number of carbonyl (C=O) groups is 1. The van der Waals surface area contributed by atoms with Crippen LogP contribution in [0.1, 0.15) is 29.3 Å². The Morgan fingerprint density at radius 2 is 2.35 bits per heavy atom. The Kier molecular flexibility index (Phi) is 3.83. The fourth-order valence-corrected chi connectivity index (χ4v) is 3.88. The van der Waals surface area contributed by atoms with Crippen LogP contribution in [-0.4, -0.2) is 39.1 Å². The summed E-state index contributed by atoms with van der Waals surface area (Å²) in [5, 5.41) is 9.99. The number of rotatable bonds is 3. The van der Waals surface area contributed by atoms with E-state index < -0.39 is 0 Å². The molecule has 1 aliphatic heterocycles. The molecule has 0 bridgehead atoms. The van der Waals surface area contributed by atoms with Crippen LogP contribution in [0.15, 0.2) is 35.8 Å². The van der Waals surface area contributed by atoms with Crippen LogP contribution in [0.25, 0.3) is 11.0 Å². The highest BCUT2D eigenvalue weighted by molar-refractivity contribution is 7.10. The minimum absolute atomic E-state index is 0.222. The number of nitrogens with one attached hydrogen (secondary N) is 1. The maximum absolute atomic E-state index is 12.5. The van der Waals surface area contributed by atoms with Gasteiger partial charge in [-0.15, -0.1) is 11.3 Å². The number of aromatic nitrogens is 3. The molecule has 6 heteroatoms. The van der Waals surface area contributed by atoms with Crippen LogP contribution >= 0.6 is 11.3 Å². The average molecular weight is 326 g/mol. The van der Waals surface area contributed by atoms with Crippen molar-refractivity contribution in [3.63, 3.8) is 0 Å². The van der Waals surface area contributed by atoms with Gasteiger partial charge in [-0.2, -0.15) is 5.10 Å². The van der Waals surface area contributed by atoms with E-state index in [4.69, 9.17) is 0 Å². The number of hydrogen-bond donors (Lipinski definition) is 1. The van der Waals surface area contributed by atoms with Gasteiger partial charge in [-0.1, -0.05) is 6.07 Å². The second-order valence-corrected chi connectivity index (χ2v) is 7.01. The van der Waals surface area contributed by atoms with Crippen LogP contribution in [0, 0.1) is 0 Å². The number of pyridine rings is 1. The molecule has 1 atom stereocenters. The summed E-state index contributed by atoms with van der Waals surface area (Å²) in [5.41, 5.74) is 1.87. The number of H-pyrrole nitrogens is 1. The van der Waals surface area contributed by atoms with Crippen molar-refractivity contribution in [2.45, 2.75) is 25.2 Å². The van der Waals surface area contributed by atoms with Gasteiger partial charge in [-0.25, -0.2) is 4.98 Å². The van der Waals surface area contributed by atoms with Crippen molar-refractivity contribution in [3.8, 4) is 0 Å². The summed E-state index contributed by atoms with van der Waals surface area (Å²) in [6.07, 6.45) is 4.40. The molecule has 0 radical (unpaired) electrons. The Balaban J connectivity index is 1.48. The van der Waals surface area contributed by atoms with Crippen LogP contribution in [0.5, 0.6) is 0 Å². The number of amides is 1. The number of hydrogen-bond acceptors (Lipinski definition) is 4. The monoisotopic (exact) mass is 326 g/mol. The lowest BCUT2D eigenvalue weighted by molar-refractivity contribution is -0.131. The van der Waals surface area contributed by atoms with Gasteiger partial charge in [0, 0.05) is 35.0 Å². The van der Waals surface area contributed by atoms with E-state index in [2.05, 4.69) is 21.2 Å². The highest BCUT2D eigenvalue weighted by Crippen LogP contribution is 2.27. The average Bonchev–Trinajstić information content (AvgIpc) is 3.25. The number of thiophene rings is 1. The van der Waals surface area contributed by atoms with Crippen molar-refractivity contribution >= 4 is 28.3 Å². The Hall–Kier alpha value is -2.21. The number of fused-ring (bicyclic) bond motifs is 1. The normalized spacial score (nSPS) is 18.4. The predicted molar refractivity (Wildman–Crippen MR) is 90.5 cm³/mol. The standard InChI is InChI=1S/C17H18N4OS/c22-16(9-14-4-2-8-23-14)21-7-1-3-13(11-21)15-6-5-12-10-18-20-17(12)19-15/h2,4-6,8,10,13H,1,3,7,9,11H2,(H,18,19,20)/t13-/m1/s1. The third-order valence-corrected chi connectivity index (χ3v) is 5.30. The summed E-state index contributed by atoms with van der Waals surface area (Å²) in [6, 6.07) is 8.14. The summed E-state index contributed by atoms with van der Waals surface area (Å²) in [7, 11) is 0. The number of carbonyl (C=O) groups excluding carboxylic acids is 1. The lowest BCUT2D eigenvalue weighted by Gasteiger charge is -2.32. The van der Waals surface area contributed by atoms with E-state index in [-0.39, 0.29) is 5.91 Å². The molecule has 0 unspecified atom stereocenters. The number of likely N-dealkylation sites (tertiary alicyclic amines) is 1. The van der Waals surface area contributed by atoms with E-state index in [9.17, 15) is 4.79 Å². The third kappa shape index (κ3) is 2.99. The van der Waals surface area contributed by atoms with E-state index in [1.165, 1.54) is 0 Å². The van der Waals surface area contributed by atoms with Gasteiger partial charge in [0.2, 0.25) is 5.91 Å². The van der Waals surface area contributed by atoms with Gasteiger partial charge in [0.25, 0.3) is 0 Å². The molecule has 1 amide bonds. The molecule has 23 heavy (non-hydrogen) atoms. The Bertz CT molecular complexity index is 811. The third-order valence-electron chi connectivity index (χ3n) is 4.42. The minimum atomic E-state index is 0.222. The van der Waals surface area contributed by atoms with Crippen molar-refractivity contribution < 1.29 is 4.79 Å². The Morgan fingerprint density at radius 1 is 1.39 bits per heavy atom. The fourth-order valence-electron chi connectivity index (χ4n) is 3.19. The van der Waals surface area contributed by atoms with Crippen LogP contribution < -0.4 is 0 Å². The molecule has 4 heterocycles. The first-order valence-electron chi connectivity index (χ1n) is 7.90. The molecular formula is C17H18N4OS. The summed E-state index contributed by atoms with van der Waals surface area (Å²) >= 11 is 1.64. The van der Waals surface area contributed by atoms with Gasteiger partial charge in [-0.3, -0.25) is 9.89 Å². The highest BCUT2D eigenvalue weighted by Gasteiger charge is 2.26. The Morgan fingerprint density at radius 3 is 3.22 bits per heavy atom. The number of piperidine rings is 1. The summed E-state index contributed by atoms with van der Waals surface area (Å²) in [4.78, 5) is 20.3. The first kappa shape index (κ1) is 14.4. The van der Waals surface area contributed by atoms with Crippen LogP contribution in [0.4, 0.5) is 0 Å². The molecule has 0 saturated carbocycles.